The number of hydrogen-bond acceptors (Lipinski definition) is 8. The summed E-state index contributed by atoms with van der Waals surface area (Å²) in [6.45, 7) is 6.46. The molecule has 1 saturated carbocycles. The van der Waals surface area contributed by atoms with E-state index < -0.39 is 0 Å². The molecule has 1 aliphatic carbocycles. The highest BCUT2D eigenvalue weighted by molar-refractivity contribution is 6.32. The van der Waals surface area contributed by atoms with Crippen molar-refractivity contribution in [3.05, 3.63) is 29.5 Å². The summed E-state index contributed by atoms with van der Waals surface area (Å²) in [6.07, 6.45) is 10.0. The van der Waals surface area contributed by atoms with Gasteiger partial charge in [0.1, 0.15) is 5.82 Å². The number of ether oxygens (including phenoxy) is 2. The first kappa shape index (κ1) is 25.1. The third-order valence-corrected chi connectivity index (χ3v) is 7.25. The highest BCUT2D eigenvalue weighted by Crippen LogP contribution is 2.31. The van der Waals surface area contributed by atoms with Crippen LogP contribution in [0.2, 0.25) is 5.02 Å². The molecule has 1 aliphatic heterocycles. The summed E-state index contributed by atoms with van der Waals surface area (Å²) < 4.78 is 10.6. The van der Waals surface area contributed by atoms with Gasteiger partial charge >= 0.3 is 0 Å². The molecule has 2 fully saturated rings. The van der Waals surface area contributed by atoms with Crippen LogP contribution in [0.3, 0.4) is 0 Å². The fourth-order valence-corrected chi connectivity index (χ4v) is 4.85. The fourth-order valence-electron chi connectivity index (χ4n) is 4.65. The lowest BCUT2D eigenvalue weighted by molar-refractivity contribution is 0.0300. The Morgan fingerprint density at radius 1 is 1.15 bits per heavy atom. The van der Waals surface area contributed by atoms with E-state index in [1.165, 1.54) is 0 Å². The second-order valence-electron chi connectivity index (χ2n) is 9.74. The molecule has 3 heterocycles. The minimum atomic E-state index is 0.220. The topological polar surface area (TPSA) is 93.2 Å². The van der Waals surface area contributed by atoms with E-state index in [1.807, 2.05) is 12.1 Å². The Hall–Kier alpha value is -2.00. The summed E-state index contributed by atoms with van der Waals surface area (Å²) in [7, 11) is 1.74. The standard InChI is InChI=1S/C25H37ClN6O2/c1-25(8-12-34-13-9-25)17-30-22-15-18(7-10-28-22)23-21(26)16-29-24(32-23)31-20-5-3-19(4-6-20)27-11-14-33-2/h7,10,15-16,19-20,27H,3-6,8-9,11-14,17H2,1-2H3,(H,28,30)(H,29,31,32). The zero-order chi connectivity index (χ0) is 23.8. The van der Waals surface area contributed by atoms with E-state index in [9.17, 15) is 0 Å². The molecule has 0 bridgehead atoms. The number of methoxy groups -OCH3 is 1. The van der Waals surface area contributed by atoms with Crippen LogP contribution in [-0.4, -0.2) is 67.1 Å². The van der Waals surface area contributed by atoms with Crippen molar-refractivity contribution in [1.29, 1.82) is 0 Å². The number of nitrogens with zero attached hydrogens (tertiary/aromatic N) is 3. The normalized spacial score (nSPS) is 22.3. The average molecular weight is 489 g/mol. The maximum atomic E-state index is 6.50. The molecule has 186 valence electrons. The minimum absolute atomic E-state index is 0.220. The minimum Gasteiger partial charge on any atom is -0.383 e. The third kappa shape index (κ3) is 7.01. The van der Waals surface area contributed by atoms with Crippen LogP contribution in [0.1, 0.15) is 45.4 Å². The van der Waals surface area contributed by atoms with E-state index in [-0.39, 0.29) is 5.41 Å². The molecule has 0 amide bonds. The SMILES string of the molecule is COCCNC1CCC(Nc2ncc(Cl)c(-c3ccnc(NCC4(C)CCOCC4)c3)n2)CC1. The summed E-state index contributed by atoms with van der Waals surface area (Å²) in [6, 6.07) is 4.87. The Kier molecular flexibility index (Phi) is 8.94. The first-order chi connectivity index (χ1) is 16.5. The molecular formula is C25H37ClN6O2. The molecule has 2 aromatic rings. The van der Waals surface area contributed by atoms with Gasteiger partial charge in [0.05, 0.1) is 23.5 Å². The zero-order valence-electron chi connectivity index (χ0n) is 20.3. The van der Waals surface area contributed by atoms with Gasteiger partial charge in [-0.05, 0) is 56.1 Å². The maximum Gasteiger partial charge on any atom is 0.223 e. The Morgan fingerprint density at radius 2 is 1.91 bits per heavy atom. The second-order valence-corrected chi connectivity index (χ2v) is 10.1. The lowest BCUT2D eigenvalue weighted by atomic mass is 9.82. The fraction of sp³-hybridized carbons (Fsp3) is 0.640. The zero-order valence-corrected chi connectivity index (χ0v) is 21.0. The van der Waals surface area contributed by atoms with Crippen LogP contribution >= 0.6 is 11.6 Å². The van der Waals surface area contributed by atoms with E-state index in [0.717, 1.165) is 88.5 Å². The number of rotatable bonds is 10. The van der Waals surface area contributed by atoms with Crippen LogP contribution in [0.25, 0.3) is 11.3 Å². The van der Waals surface area contributed by atoms with Crippen LogP contribution in [-0.2, 0) is 9.47 Å². The lowest BCUT2D eigenvalue weighted by Gasteiger charge is -2.33. The Morgan fingerprint density at radius 3 is 2.68 bits per heavy atom. The Balaban J connectivity index is 1.36. The summed E-state index contributed by atoms with van der Waals surface area (Å²) in [4.78, 5) is 13.7. The van der Waals surface area contributed by atoms with E-state index in [1.54, 1.807) is 19.5 Å². The van der Waals surface area contributed by atoms with Crippen LogP contribution < -0.4 is 16.0 Å². The smallest absolute Gasteiger partial charge is 0.223 e. The molecule has 4 rings (SSSR count). The van der Waals surface area contributed by atoms with Gasteiger partial charge in [0.25, 0.3) is 0 Å². The summed E-state index contributed by atoms with van der Waals surface area (Å²) >= 11 is 6.50. The quantitative estimate of drug-likeness (QED) is 0.424. The molecule has 0 spiro atoms. The molecule has 9 heteroatoms. The molecule has 0 radical (unpaired) electrons. The molecule has 1 saturated heterocycles. The van der Waals surface area contributed by atoms with Gasteiger partial charge in [0.2, 0.25) is 5.95 Å². The molecule has 34 heavy (non-hydrogen) atoms. The summed E-state index contributed by atoms with van der Waals surface area (Å²) in [5, 5.41) is 11.1. The number of aromatic nitrogens is 3. The number of halogens is 1. The highest BCUT2D eigenvalue weighted by Gasteiger charge is 2.27. The van der Waals surface area contributed by atoms with Gasteiger partial charge in [0.15, 0.2) is 0 Å². The molecular weight excluding hydrogens is 452 g/mol. The summed E-state index contributed by atoms with van der Waals surface area (Å²) in [5.74, 6) is 1.45. The van der Waals surface area contributed by atoms with Crippen molar-refractivity contribution >= 4 is 23.4 Å². The molecule has 0 atom stereocenters. The van der Waals surface area contributed by atoms with Crippen molar-refractivity contribution in [1.82, 2.24) is 20.3 Å². The Bertz CT molecular complexity index is 916. The second kappa shape index (κ2) is 12.1. The molecule has 2 aliphatic rings. The van der Waals surface area contributed by atoms with Crippen LogP contribution in [0.15, 0.2) is 24.5 Å². The molecule has 0 unspecified atom stereocenters. The van der Waals surface area contributed by atoms with Crippen molar-refractivity contribution in [2.75, 3.05) is 50.7 Å². The van der Waals surface area contributed by atoms with E-state index >= 15 is 0 Å². The Labute approximate surface area is 207 Å². The first-order valence-electron chi connectivity index (χ1n) is 12.3. The number of nitrogens with one attached hydrogen (secondary N) is 3. The van der Waals surface area contributed by atoms with E-state index in [0.29, 0.717) is 23.1 Å². The van der Waals surface area contributed by atoms with Gasteiger partial charge in [-0.1, -0.05) is 18.5 Å². The van der Waals surface area contributed by atoms with Crippen LogP contribution in [0.5, 0.6) is 0 Å². The summed E-state index contributed by atoms with van der Waals surface area (Å²) in [5.41, 5.74) is 1.87. The molecule has 8 nitrogen and oxygen atoms in total. The third-order valence-electron chi connectivity index (χ3n) is 6.97. The van der Waals surface area contributed by atoms with Gasteiger partial charge in [-0.3, -0.25) is 0 Å². The highest BCUT2D eigenvalue weighted by atomic mass is 35.5. The largest absolute Gasteiger partial charge is 0.383 e. The van der Waals surface area contributed by atoms with Crippen molar-refractivity contribution in [2.45, 2.75) is 57.5 Å². The van der Waals surface area contributed by atoms with Crippen molar-refractivity contribution in [2.24, 2.45) is 5.41 Å². The van der Waals surface area contributed by atoms with Crippen molar-refractivity contribution < 1.29 is 9.47 Å². The predicted molar refractivity (Wildman–Crippen MR) is 136 cm³/mol. The van der Waals surface area contributed by atoms with Gasteiger partial charge in [-0.15, -0.1) is 0 Å². The number of anilines is 2. The van der Waals surface area contributed by atoms with Crippen LogP contribution in [0.4, 0.5) is 11.8 Å². The van der Waals surface area contributed by atoms with Gasteiger partial charge < -0.3 is 25.4 Å². The van der Waals surface area contributed by atoms with Crippen LogP contribution in [0, 0.1) is 5.41 Å². The monoisotopic (exact) mass is 488 g/mol. The molecule has 3 N–H and O–H groups in total. The van der Waals surface area contributed by atoms with E-state index in [2.05, 4.69) is 32.8 Å². The van der Waals surface area contributed by atoms with Crippen molar-refractivity contribution in [3.8, 4) is 11.3 Å². The number of pyridine rings is 1. The first-order valence-corrected chi connectivity index (χ1v) is 12.7. The lowest BCUT2D eigenvalue weighted by Crippen LogP contribution is -2.38. The van der Waals surface area contributed by atoms with Gasteiger partial charge in [-0.2, -0.15) is 0 Å². The molecule has 0 aromatic carbocycles. The van der Waals surface area contributed by atoms with E-state index in [4.69, 9.17) is 26.1 Å². The van der Waals surface area contributed by atoms with Gasteiger partial charge in [-0.25, -0.2) is 15.0 Å². The average Bonchev–Trinajstić information content (AvgIpc) is 2.86. The molecule has 2 aromatic heterocycles. The predicted octanol–water partition coefficient (Wildman–Crippen LogP) is 4.38. The van der Waals surface area contributed by atoms with Crippen molar-refractivity contribution in [3.63, 3.8) is 0 Å². The van der Waals surface area contributed by atoms with Gasteiger partial charge in [0, 0.05) is 57.3 Å². The number of hydrogen-bond donors (Lipinski definition) is 3. The maximum absolute atomic E-state index is 6.50.